The molecule has 0 aliphatic heterocycles. The third-order valence-electron chi connectivity index (χ3n) is 2.20. The molecular formula is C10H16N2O3. The van der Waals surface area contributed by atoms with Gasteiger partial charge in [-0.25, -0.2) is 0 Å². The van der Waals surface area contributed by atoms with Crippen LogP contribution in [0.25, 0.3) is 0 Å². The quantitative estimate of drug-likeness (QED) is 0.714. The number of esters is 1. The normalized spacial score (nSPS) is 14.7. The van der Waals surface area contributed by atoms with Crippen LogP contribution in [0.5, 0.6) is 0 Å². The first-order valence-corrected chi connectivity index (χ1v) is 5.05. The predicted molar refractivity (Wildman–Crippen MR) is 53.0 cm³/mol. The largest absolute Gasteiger partial charge is 0.452 e. The van der Waals surface area contributed by atoms with Gasteiger partial charge in [0.05, 0.1) is 5.92 Å². The Labute approximate surface area is 88.8 Å². The van der Waals surface area contributed by atoms with E-state index in [2.05, 4.69) is 10.1 Å². The number of rotatable bonds is 4. The highest BCUT2D eigenvalue weighted by Gasteiger charge is 2.20. The topological polar surface area (TPSA) is 65.2 Å². The van der Waals surface area contributed by atoms with Gasteiger partial charge in [-0.05, 0) is 20.3 Å². The Morgan fingerprint density at radius 2 is 2.20 bits per heavy atom. The molecule has 1 aromatic rings. The molecule has 0 spiro atoms. The van der Waals surface area contributed by atoms with Crippen LogP contribution in [0.2, 0.25) is 0 Å². The Morgan fingerprint density at radius 3 is 2.67 bits per heavy atom. The van der Waals surface area contributed by atoms with E-state index in [0.717, 1.165) is 6.42 Å². The average Bonchev–Trinajstić information content (AvgIpc) is 2.63. The first kappa shape index (κ1) is 11.7. The molecule has 0 saturated carbocycles. The van der Waals surface area contributed by atoms with E-state index in [9.17, 15) is 4.79 Å². The summed E-state index contributed by atoms with van der Waals surface area (Å²) < 4.78 is 10.1. The minimum Gasteiger partial charge on any atom is -0.452 e. The van der Waals surface area contributed by atoms with Crippen LogP contribution < -0.4 is 0 Å². The molecule has 0 amide bonds. The molecule has 0 bridgehead atoms. The summed E-state index contributed by atoms with van der Waals surface area (Å²) in [6.07, 6.45) is 0.279. The monoisotopic (exact) mass is 212 g/mol. The summed E-state index contributed by atoms with van der Waals surface area (Å²) in [4.78, 5) is 15.4. The first-order valence-electron chi connectivity index (χ1n) is 5.05. The van der Waals surface area contributed by atoms with Crippen LogP contribution >= 0.6 is 0 Å². The summed E-state index contributed by atoms with van der Waals surface area (Å²) in [5, 5.41) is 3.63. The zero-order valence-corrected chi connectivity index (χ0v) is 9.48. The van der Waals surface area contributed by atoms with Crippen molar-refractivity contribution < 1.29 is 14.1 Å². The van der Waals surface area contributed by atoms with Crippen LogP contribution in [0, 0.1) is 12.8 Å². The van der Waals surface area contributed by atoms with Crippen LogP contribution in [0.15, 0.2) is 4.52 Å². The molecule has 0 saturated heterocycles. The molecule has 2 atom stereocenters. The molecule has 84 valence electrons. The smallest absolute Gasteiger partial charge is 0.309 e. The fourth-order valence-electron chi connectivity index (χ4n) is 0.986. The molecule has 5 nitrogen and oxygen atoms in total. The minimum atomic E-state index is -0.479. The Bertz CT molecular complexity index is 335. The van der Waals surface area contributed by atoms with Gasteiger partial charge in [0.15, 0.2) is 11.9 Å². The molecule has 0 aliphatic rings. The zero-order valence-electron chi connectivity index (χ0n) is 9.48. The number of hydrogen-bond donors (Lipinski definition) is 0. The number of hydrogen-bond acceptors (Lipinski definition) is 5. The molecule has 0 fully saturated rings. The van der Waals surface area contributed by atoms with E-state index in [1.807, 2.05) is 13.8 Å². The second kappa shape index (κ2) is 4.91. The van der Waals surface area contributed by atoms with E-state index in [-0.39, 0.29) is 11.9 Å². The Morgan fingerprint density at radius 1 is 1.53 bits per heavy atom. The molecule has 0 N–H and O–H groups in total. The van der Waals surface area contributed by atoms with Crippen molar-refractivity contribution in [1.82, 2.24) is 10.1 Å². The lowest BCUT2D eigenvalue weighted by Gasteiger charge is -2.12. The zero-order chi connectivity index (χ0) is 11.4. The summed E-state index contributed by atoms with van der Waals surface area (Å²) >= 11 is 0. The van der Waals surface area contributed by atoms with Crippen molar-refractivity contribution in [3.05, 3.63) is 11.7 Å². The third kappa shape index (κ3) is 3.04. The van der Waals surface area contributed by atoms with E-state index in [1.54, 1.807) is 13.8 Å². The molecule has 0 aliphatic carbocycles. The van der Waals surface area contributed by atoms with Gasteiger partial charge < -0.3 is 9.26 Å². The average molecular weight is 212 g/mol. The van der Waals surface area contributed by atoms with Crippen LogP contribution in [-0.2, 0) is 9.53 Å². The predicted octanol–water partition coefficient (Wildman–Crippen LogP) is 2.03. The van der Waals surface area contributed by atoms with Crippen LogP contribution in [-0.4, -0.2) is 16.1 Å². The molecule has 1 rings (SSSR count). The van der Waals surface area contributed by atoms with E-state index in [4.69, 9.17) is 9.26 Å². The van der Waals surface area contributed by atoms with E-state index in [1.165, 1.54) is 0 Å². The van der Waals surface area contributed by atoms with Gasteiger partial charge in [-0.1, -0.05) is 19.0 Å². The van der Waals surface area contributed by atoms with E-state index < -0.39 is 6.10 Å². The van der Waals surface area contributed by atoms with Crippen molar-refractivity contribution in [1.29, 1.82) is 0 Å². The maximum atomic E-state index is 11.5. The molecule has 1 heterocycles. The number of aromatic nitrogens is 2. The van der Waals surface area contributed by atoms with Gasteiger partial charge in [0.25, 0.3) is 5.89 Å². The number of carbonyl (C=O) groups is 1. The lowest BCUT2D eigenvalue weighted by atomic mass is 10.1. The van der Waals surface area contributed by atoms with Gasteiger partial charge in [-0.2, -0.15) is 4.98 Å². The van der Waals surface area contributed by atoms with Crippen molar-refractivity contribution in [3.8, 4) is 0 Å². The minimum absolute atomic E-state index is 0.100. The number of carbonyl (C=O) groups excluding carboxylic acids is 1. The number of nitrogens with zero attached hydrogens (tertiary/aromatic N) is 2. The van der Waals surface area contributed by atoms with Crippen molar-refractivity contribution in [2.24, 2.45) is 5.92 Å². The lowest BCUT2D eigenvalue weighted by molar-refractivity contribution is -0.154. The van der Waals surface area contributed by atoms with Gasteiger partial charge in [0.1, 0.15) is 0 Å². The highest BCUT2D eigenvalue weighted by Crippen LogP contribution is 2.17. The lowest BCUT2D eigenvalue weighted by Crippen LogP contribution is -2.16. The van der Waals surface area contributed by atoms with Gasteiger partial charge in [-0.15, -0.1) is 0 Å². The summed E-state index contributed by atoms with van der Waals surface area (Å²) in [5.74, 6) is 0.540. The van der Waals surface area contributed by atoms with Gasteiger partial charge in [0.2, 0.25) is 0 Å². The van der Waals surface area contributed by atoms with Crippen molar-refractivity contribution in [2.45, 2.75) is 40.2 Å². The summed E-state index contributed by atoms with van der Waals surface area (Å²) in [5.41, 5.74) is 0. The van der Waals surface area contributed by atoms with Gasteiger partial charge in [0, 0.05) is 0 Å². The highest BCUT2D eigenvalue weighted by molar-refractivity contribution is 5.72. The fourth-order valence-corrected chi connectivity index (χ4v) is 0.986. The Kier molecular flexibility index (Phi) is 3.82. The molecule has 0 aromatic carbocycles. The maximum Gasteiger partial charge on any atom is 0.309 e. The van der Waals surface area contributed by atoms with Crippen molar-refractivity contribution >= 4 is 5.97 Å². The van der Waals surface area contributed by atoms with Crippen LogP contribution in [0.4, 0.5) is 0 Å². The van der Waals surface area contributed by atoms with Crippen LogP contribution in [0.3, 0.4) is 0 Å². The van der Waals surface area contributed by atoms with Crippen LogP contribution in [0.1, 0.15) is 45.0 Å². The molecule has 0 radical (unpaired) electrons. The highest BCUT2D eigenvalue weighted by atomic mass is 16.6. The first-order chi connectivity index (χ1) is 7.04. The fraction of sp³-hybridized carbons (Fsp3) is 0.700. The third-order valence-corrected chi connectivity index (χ3v) is 2.20. The molecule has 5 heteroatoms. The van der Waals surface area contributed by atoms with Gasteiger partial charge in [-0.3, -0.25) is 4.79 Å². The molecular weight excluding hydrogens is 196 g/mol. The maximum absolute atomic E-state index is 11.5. The Hall–Kier alpha value is -1.39. The van der Waals surface area contributed by atoms with Crippen molar-refractivity contribution in [3.63, 3.8) is 0 Å². The van der Waals surface area contributed by atoms with Crippen molar-refractivity contribution in [2.75, 3.05) is 0 Å². The number of aryl methyl sites for hydroxylation is 1. The molecule has 15 heavy (non-hydrogen) atoms. The van der Waals surface area contributed by atoms with E-state index >= 15 is 0 Å². The Balaban J connectivity index is 2.56. The molecule has 1 aromatic heterocycles. The second-order valence-corrected chi connectivity index (χ2v) is 3.57. The summed E-state index contributed by atoms with van der Waals surface area (Å²) in [6.45, 7) is 7.20. The number of ether oxygens (including phenoxy) is 1. The summed E-state index contributed by atoms with van der Waals surface area (Å²) in [6, 6.07) is 0. The second-order valence-electron chi connectivity index (χ2n) is 3.57. The SMILES string of the molecule is CCC(C)C(=O)OC(C)c1nc(C)no1. The van der Waals surface area contributed by atoms with E-state index in [0.29, 0.717) is 11.7 Å². The summed E-state index contributed by atoms with van der Waals surface area (Å²) in [7, 11) is 0. The standard InChI is InChI=1S/C10H16N2O3/c1-5-6(2)10(13)14-7(3)9-11-8(4)12-15-9/h6-7H,5H2,1-4H3. The molecule has 2 unspecified atom stereocenters. The van der Waals surface area contributed by atoms with Gasteiger partial charge >= 0.3 is 5.97 Å².